The molecule has 21 heavy (non-hydrogen) atoms. The smallest absolute Gasteiger partial charge is 0.0766 e. The average Bonchev–Trinajstić information content (AvgIpc) is 2.56. The van der Waals surface area contributed by atoms with Crippen LogP contribution in [-0.2, 0) is 4.74 Å². The topological polar surface area (TPSA) is 9.23 Å². The molecule has 0 radical (unpaired) electrons. The van der Waals surface area contributed by atoms with Crippen molar-refractivity contribution >= 4 is 23.5 Å². The van der Waals surface area contributed by atoms with Crippen molar-refractivity contribution in [3.63, 3.8) is 0 Å². The van der Waals surface area contributed by atoms with Crippen LogP contribution in [0.5, 0.6) is 0 Å². The Morgan fingerprint density at radius 3 is 1.76 bits per heavy atom. The largest absolute Gasteiger partial charge is 0.372 e. The Labute approximate surface area is 135 Å². The van der Waals surface area contributed by atoms with Crippen LogP contribution in [0.15, 0.2) is 83.1 Å². The second-order valence-electron chi connectivity index (χ2n) is 4.49. The third-order valence-electron chi connectivity index (χ3n) is 2.81. The lowest BCUT2D eigenvalue weighted by atomic mass is 10.4. The van der Waals surface area contributed by atoms with E-state index in [4.69, 9.17) is 4.74 Å². The number of ether oxygens (including phenoxy) is 1. The van der Waals surface area contributed by atoms with E-state index in [9.17, 15) is 0 Å². The number of benzene rings is 2. The van der Waals surface area contributed by atoms with Crippen molar-refractivity contribution in [2.75, 3.05) is 18.1 Å². The highest BCUT2D eigenvalue weighted by Gasteiger charge is 2.10. The van der Waals surface area contributed by atoms with E-state index < -0.39 is 0 Å². The van der Waals surface area contributed by atoms with Gasteiger partial charge in [0.05, 0.1) is 12.7 Å². The minimum atomic E-state index is 0.221. The van der Waals surface area contributed by atoms with Gasteiger partial charge in [-0.2, -0.15) is 0 Å². The van der Waals surface area contributed by atoms with E-state index in [0.29, 0.717) is 6.61 Å². The van der Waals surface area contributed by atoms with Crippen LogP contribution in [0.4, 0.5) is 0 Å². The first-order chi connectivity index (χ1) is 10.4. The molecule has 0 aliphatic heterocycles. The van der Waals surface area contributed by atoms with Crippen LogP contribution in [0.2, 0.25) is 0 Å². The van der Waals surface area contributed by atoms with E-state index in [2.05, 4.69) is 55.1 Å². The molecule has 110 valence electrons. The first kappa shape index (κ1) is 16.2. The fourth-order valence-electron chi connectivity index (χ4n) is 1.76. The van der Waals surface area contributed by atoms with E-state index in [1.54, 1.807) is 0 Å². The lowest BCUT2D eigenvalue weighted by molar-refractivity contribution is 0.109. The van der Waals surface area contributed by atoms with Gasteiger partial charge in [-0.25, -0.2) is 0 Å². The summed E-state index contributed by atoms with van der Waals surface area (Å²) in [6.45, 7) is 4.34. The number of hydrogen-bond acceptors (Lipinski definition) is 3. The predicted octanol–water partition coefficient (Wildman–Crippen LogP) is 5.14. The lowest BCUT2D eigenvalue weighted by Crippen LogP contribution is -2.19. The van der Waals surface area contributed by atoms with Gasteiger partial charge in [0.25, 0.3) is 0 Å². The Morgan fingerprint density at radius 2 is 1.33 bits per heavy atom. The number of hydrogen-bond donors (Lipinski definition) is 0. The van der Waals surface area contributed by atoms with Crippen LogP contribution in [0.25, 0.3) is 0 Å². The Bertz CT molecular complexity index is 470. The van der Waals surface area contributed by atoms with E-state index in [0.717, 1.165) is 11.5 Å². The van der Waals surface area contributed by atoms with Gasteiger partial charge in [-0.15, -0.1) is 30.1 Å². The molecule has 0 spiro atoms. The van der Waals surface area contributed by atoms with Crippen molar-refractivity contribution in [3.8, 4) is 0 Å². The quantitative estimate of drug-likeness (QED) is 0.468. The summed E-state index contributed by atoms with van der Waals surface area (Å²) in [5.74, 6) is 1.91. The van der Waals surface area contributed by atoms with Crippen molar-refractivity contribution < 1.29 is 4.74 Å². The zero-order valence-corrected chi connectivity index (χ0v) is 13.6. The molecule has 1 nitrogen and oxygen atoms in total. The van der Waals surface area contributed by atoms with E-state index in [1.807, 2.05) is 41.7 Å². The normalized spacial score (nSPS) is 10.7. The molecule has 0 fully saturated rings. The molecule has 0 aliphatic rings. The van der Waals surface area contributed by atoms with Gasteiger partial charge in [0, 0.05) is 21.3 Å². The second-order valence-corrected chi connectivity index (χ2v) is 6.68. The van der Waals surface area contributed by atoms with Gasteiger partial charge in [0.1, 0.15) is 0 Å². The molecule has 0 atom stereocenters. The summed E-state index contributed by atoms with van der Waals surface area (Å²) in [4.78, 5) is 2.57. The van der Waals surface area contributed by atoms with Crippen molar-refractivity contribution in [1.82, 2.24) is 0 Å². The molecule has 0 amide bonds. The molecule has 2 aromatic carbocycles. The van der Waals surface area contributed by atoms with Gasteiger partial charge in [-0.3, -0.25) is 0 Å². The van der Waals surface area contributed by atoms with Crippen LogP contribution in [-0.4, -0.2) is 24.2 Å². The Hall–Kier alpha value is -1.16. The molecule has 3 heteroatoms. The molecule has 2 rings (SSSR count). The first-order valence-corrected chi connectivity index (χ1v) is 8.94. The van der Waals surface area contributed by atoms with E-state index in [1.165, 1.54) is 9.79 Å². The van der Waals surface area contributed by atoms with Gasteiger partial charge in [-0.1, -0.05) is 42.5 Å². The monoisotopic (exact) mass is 316 g/mol. The highest BCUT2D eigenvalue weighted by molar-refractivity contribution is 8.00. The summed E-state index contributed by atoms with van der Waals surface area (Å²) in [5.41, 5.74) is 0. The van der Waals surface area contributed by atoms with Crippen LogP contribution in [0.1, 0.15) is 0 Å². The second kappa shape index (κ2) is 9.72. The molecule has 0 saturated carbocycles. The maximum absolute atomic E-state index is 5.88. The predicted molar refractivity (Wildman–Crippen MR) is 94.3 cm³/mol. The summed E-state index contributed by atoms with van der Waals surface area (Å²) in [7, 11) is 0. The number of thioether (sulfide) groups is 2. The molecule has 0 aliphatic carbocycles. The maximum atomic E-state index is 5.88. The van der Waals surface area contributed by atoms with Crippen molar-refractivity contribution in [2.45, 2.75) is 15.9 Å². The van der Waals surface area contributed by atoms with Crippen LogP contribution in [0.3, 0.4) is 0 Å². The van der Waals surface area contributed by atoms with Gasteiger partial charge < -0.3 is 4.74 Å². The molecule has 0 unspecified atom stereocenters. The van der Waals surface area contributed by atoms with Crippen molar-refractivity contribution in [3.05, 3.63) is 73.3 Å². The standard InChI is InChI=1S/C18H20OS2/c1-2-13-19-16(14-20-17-9-5-3-6-10-17)15-21-18-11-7-4-8-12-18/h2-12,16H,1,13-15H2. The number of rotatable bonds is 9. The van der Waals surface area contributed by atoms with Crippen LogP contribution < -0.4 is 0 Å². The van der Waals surface area contributed by atoms with E-state index in [-0.39, 0.29) is 6.10 Å². The molecular formula is C18H20OS2. The van der Waals surface area contributed by atoms with Crippen LogP contribution in [0, 0.1) is 0 Å². The Kier molecular flexibility index (Phi) is 7.50. The summed E-state index contributed by atoms with van der Waals surface area (Å²) in [6, 6.07) is 20.9. The third-order valence-corrected chi connectivity index (χ3v) is 5.10. The van der Waals surface area contributed by atoms with Gasteiger partial charge in [-0.05, 0) is 24.3 Å². The summed E-state index contributed by atoms with van der Waals surface area (Å²) < 4.78 is 5.88. The fourth-order valence-corrected chi connectivity index (χ4v) is 3.79. The van der Waals surface area contributed by atoms with Crippen molar-refractivity contribution in [1.29, 1.82) is 0 Å². The fraction of sp³-hybridized carbons (Fsp3) is 0.222. The van der Waals surface area contributed by atoms with Gasteiger partial charge in [0.2, 0.25) is 0 Å². The summed E-state index contributed by atoms with van der Waals surface area (Å²) in [5, 5.41) is 0. The summed E-state index contributed by atoms with van der Waals surface area (Å²) >= 11 is 3.68. The lowest BCUT2D eigenvalue weighted by Gasteiger charge is -2.16. The average molecular weight is 316 g/mol. The van der Waals surface area contributed by atoms with Gasteiger partial charge in [0.15, 0.2) is 0 Å². The molecule has 0 aromatic heterocycles. The highest BCUT2D eigenvalue weighted by atomic mass is 32.2. The Balaban J connectivity index is 1.83. The molecule has 0 bridgehead atoms. The Morgan fingerprint density at radius 1 is 0.857 bits per heavy atom. The SMILES string of the molecule is C=CCOC(CSc1ccccc1)CSc1ccccc1. The zero-order chi connectivity index (χ0) is 14.8. The molecule has 0 N–H and O–H groups in total. The molecule has 0 heterocycles. The minimum Gasteiger partial charge on any atom is -0.372 e. The minimum absolute atomic E-state index is 0.221. The van der Waals surface area contributed by atoms with E-state index >= 15 is 0 Å². The molecule has 2 aromatic rings. The summed E-state index contributed by atoms with van der Waals surface area (Å²) in [6.07, 6.45) is 2.03. The maximum Gasteiger partial charge on any atom is 0.0766 e. The van der Waals surface area contributed by atoms with Crippen molar-refractivity contribution in [2.24, 2.45) is 0 Å². The third kappa shape index (κ3) is 6.42. The zero-order valence-electron chi connectivity index (χ0n) is 12.0. The van der Waals surface area contributed by atoms with Gasteiger partial charge >= 0.3 is 0 Å². The first-order valence-electron chi connectivity index (χ1n) is 6.96. The highest BCUT2D eigenvalue weighted by Crippen LogP contribution is 2.24. The molecular weight excluding hydrogens is 296 g/mol. The molecule has 0 saturated heterocycles. The van der Waals surface area contributed by atoms with Crippen LogP contribution >= 0.6 is 23.5 Å².